The van der Waals surface area contributed by atoms with Gasteiger partial charge in [0.2, 0.25) is 0 Å². The van der Waals surface area contributed by atoms with Crippen molar-refractivity contribution < 1.29 is 13.9 Å². The molecule has 1 amide bonds. The Kier molecular flexibility index (Phi) is 5.04. The van der Waals surface area contributed by atoms with E-state index in [0.29, 0.717) is 11.3 Å². The predicted octanol–water partition coefficient (Wildman–Crippen LogP) is 4.43. The highest BCUT2D eigenvalue weighted by molar-refractivity contribution is 5.95. The van der Waals surface area contributed by atoms with Crippen LogP contribution in [0, 0.1) is 27.7 Å². The Bertz CT molecular complexity index is 1060. The van der Waals surface area contributed by atoms with Crippen LogP contribution in [0.25, 0.3) is 11.0 Å². The number of amides is 1. The molecule has 5 heteroatoms. The third kappa shape index (κ3) is 4.03. The lowest BCUT2D eigenvalue weighted by atomic mass is 10.0. The summed E-state index contributed by atoms with van der Waals surface area (Å²) >= 11 is 0. The maximum atomic E-state index is 12.6. The molecule has 0 fully saturated rings. The van der Waals surface area contributed by atoms with Crippen molar-refractivity contribution in [1.82, 2.24) is 0 Å². The molecular formula is C22H23NO4. The molecule has 140 valence electrons. The molecule has 27 heavy (non-hydrogen) atoms. The molecule has 1 aromatic heterocycles. The van der Waals surface area contributed by atoms with Crippen molar-refractivity contribution in [2.75, 3.05) is 5.32 Å². The van der Waals surface area contributed by atoms with Crippen LogP contribution in [-0.2, 0) is 4.79 Å². The molecule has 1 heterocycles. The van der Waals surface area contributed by atoms with Crippen LogP contribution in [0.5, 0.6) is 5.75 Å². The van der Waals surface area contributed by atoms with Gasteiger partial charge in [0, 0.05) is 23.2 Å². The first-order valence-electron chi connectivity index (χ1n) is 8.84. The number of ether oxygens (including phenoxy) is 1. The van der Waals surface area contributed by atoms with E-state index in [1.807, 2.05) is 45.9 Å². The first-order valence-corrected chi connectivity index (χ1v) is 8.84. The third-order valence-electron chi connectivity index (χ3n) is 4.53. The summed E-state index contributed by atoms with van der Waals surface area (Å²) in [6, 6.07) is 10.7. The van der Waals surface area contributed by atoms with Gasteiger partial charge in [0.25, 0.3) is 5.91 Å². The van der Waals surface area contributed by atoms with Crippen molar-refractivity contribution in [1.29, 1.82) is 0 Å². The van der Waals surface area contributed by atoms with Crippen molar-refractivity contribution in [2.45, 2.75) is 40.7 Å². The first kappa shape index (κ1) is 18.7. The van der Waals surface area contributed by atoms with Crippen molar-refractivity contribution >= 4 is 22.6 Å². The fourth-order valence-corrected chi connectivity index (χ4v) is 3.24. The summed E-state index contributed by atoms with van der Waals surface area (Å²) in [6.07, 6.45) is -0.709. The lowest BCUT2D eigenvalue weighted by molar-refractivity contribution is -0.122. The fourth-order valence-electron chi connectivity index (χ4n) is 3.24. The van der Waals surface area contributed by atoms with Gasteiger partial charge in [-0.25, -0.2) is 4.79 Å². The summed E-state index contributed by atoms with van der Waals surface area (Å²) in [5.41, 5.74) is 4.85. The molecule has 0 saturated heterocycles. The summed E-state index contributed by atoms with van der Waals surface area (Å²) in [7, 11) is 0. The van der Waals surface area contributed by atoms with Crippen LogP contribution in [0.1, 0.15) is 29.2 Å². The fraction of sp³-hybridized carbons (Fsp3) is 0.273. The van der Waals surface area contributed by atoms with E-state index in [-0.39, 0.29) is 5.91 Å². The van der Waals surface area contributed by atoms with Gasteiger partial charge in [-0.15, -0.1) is 0 Å². The van der Waals surface area contributed by atoms with Crippen molar-refractivity contribution in [3.05, 3.63) is 69.1 Å². The monoisotopic (exact) mass is 365 g/mol. The SMILES string of the molecule is Cc1cc(C)c(NC(=O)[C@@H](C)Oc2ccc3c(C)cc(=O)oc3c2)c(C)c1. The molecule has 0 radical (unpaired) electrons. The Morgan fingerprint density at radius 1 is 1.00 bits per heavy atom. The molecule has 0 aliphatic rings. The highest BCUT2D eigenvalue weighted by Gasteiger charge is 2.17. The zero-order chi connectivity index (χ0) is 19.7. The minimum atomic E-state index is -0.709. The van der Waals surface area contributed by atoms with E-state index in [0.717, 1.165) is 33.3 Å². The van der Waals surface area contributed by atoms with E-state index in [1.54, 1.807) is 19.1 Å². The third-order valence-corrected chi connectivity index (χ3v) is 4.53. The normalized spacial score (nSPS) is 12.0. The van der Waals surface area contributed by atoms with Crippen molar-refractivity contribution in [3.8, 4) is 5.75 Å². The van der Waals surface area contributed by atoms with Crippen LogP contribution in [-0.4, -0.2) is 12.0 Å². The number of hydrogen-bond acceptors (Lipinski definition) is 4. The molecule has 3 rings (SSSR count). The van der Waals surface area contributed by atoms with Crippen LogP contribution in [0.15, 0.2) is 45.6 Å². The van der Waals surface area contributed by atoms with E-state index in [1.165, 1.54) is 6.07 Å². The standard InChI is InChI=1S/C22H23NO4/c1-12-8-14(3)21(15(4)9-12)23-22(25)16(5)26-17-6-7-18-13(2)10-20(24)27-19(18)11-17/h6-11,16H,1-5H3,(H,23,25)/t16-/m1/s1. The molecule has 0 aliphatic heterocycles. The minimum absolute atomic E-state index is 0.240. The molecule has 0 unspecified atom stereocenters. The number of anilines is 1. The number of aryl methyl sites for hydroxylation is 4. The summed E-state index contributed by atoms with van der Waals surface area (Å²) < 4.78 is 11.0. The molecule has 0 saturated carbocycles. The number of carbonyl (C=O) groups is 1. The number of fused-ring (bicyclic) bond motifs is 1. The highest BCUT2D eigenvalue weighted by atomic mass is 16.5. The van der Waals surface area contributed by atoms with Gasteiger partial charge in [-0.1, -0.05) is 17.7 Å². The van der Waals surface area contributed by atoms with Crippen molar-refractivity contribution in [3.63, 3.8) is 0 Å². The van der Waals surface area contributed by atoms with Crippen LogP contribution in [0.2, 0.25) is 0 Å². The van der Waals surface area contributed by atoms with E-state index in [4.69, 9.17) is 9.15 Å². The van der Waals surface area contributed by atoms with Crippen molar-refractivity contribution in [2.24, 2.45) is 0 Å². The van der Waals surface area contributed by atoms with Gasteiger partial charge in [0.15, 0.2) is 6.10 Å². The quantitative estimate of drug-likeness (QED) is 0.694. The van der Waals surface area contributed by atoms with E-state index >= 15 is 0 Å². The van der Waals surface area contributed by atoms with Gasteiger partial charge >= 0.3 is 5.63 Å². The van der Waals surface area contributed by atoms with Gasteiger partial charge in [-0.05, 0) is 63.4 Å². The minimum Gasteiger partial charge on any atom is -0.481 e. The summed E-state index contributed by atoms with van der Waals surface area (Å²) in [6.45, 7) is 9.49. The maximum Gasteiger partial charge on any atom is 0.336 e. The highest BCUT2D eigenvalue weighted by Crippen LogP contribution is 2.24. The van der Waals surface area contributed by atoms with Crippen LogP contribution >= 0.6 is 0 Å². The van der Waals surface area contributed by atoms with Gasteiger partial charge in [0.1, 0.15) is 11.3 Å². The van der Waals surface area contributed by atoms with Gasteiger partial charge in [0.05, 0.1) is 0 Å². The lowest BCUT2D eigenvalue weighted by Crippen LogP contribution is -2.30. The van der Waals surface area contributed by atoms with Gasteiger partial charge < -0.3 is 14.5 Å². The Hall–Kier alpha value is -3.08. The second-order valence-corrected chi connectivity index (χ2v) is 6.93. The zero-order valence-corrected chi connectivity index (χ0v) is 16.2. The van der Waals surface area contributed by atoms with Crippen LogP contribution < -0.4 is 15.7 Å². The Morgan fingerprint density at radius 3 is 2.33 bits per heavy atom. The molecule has 3 aromatic rings. The number of benzene rings is 2. The Labute approximate surface area is 158 Å². The summed E-state index contributed by atoms with van der Waals surface area (Å²) in [5, 5.41) is 3.78. The molecule has 1 N–H and O–H groups in total. The Balaban J connectivity index is 1.79. The molecule has 0 spiro atoms. The zero-order valence-electron chi connectivity index (χ0n) is 16.2. The second kappa shape index (κ2) is 7.27. The number of nitrogens with one attached hydrogen (secondary N) is 1. The molecule has 0 aliphatic carbocycles. The molecule has 0 bridgehead atoms. The number of carbonyl (C=O) groups excluding carboxylic acids is 1. The van der Waals surface area contributed by atoms with E-state index in [2.05, 4.69) is 5.32 Å². The van der Waals surface area contributed by atoms with Crippen LogP contribution in [0.3, 0.4) is 0 Å². The lowest BCUT2D eigenvalue weighted by Gasteiger charge is -2.18. The maximum absolute atomic E-state index is 12.6. The molecule has 2 aromatic carbocycles. The first-order chi connectivity index (χ1) is 12.7. The number of rotatable bonds is 4. The topological polar surface area (TPSA) is 68.5 Å². The summed E-state index contributed by atoms with van der Waals surface area (Å²) in [4.78, 5) is 24.1. The largest absolute Gasteiger partial charge is 0.481 e. The van der Waals surface area contributed by atoms with Gasteiger partial charge in [-0.3, -0.25) is 4.79 Å². The average Bonchev–Trinajstić information content (AvgIpc) is 2.57. The predicted molar refractivity (Wildman–Crippen MR) is 107 cm³/mol. The summed E-state index contributed by atoms with van der Waals surface area (Å²) in [5.74, 6) is 0.229. The molecular weight excluding hydrogens is 342 g/mol. The van der Waals surface area contributed by atoms with E-state index in [9.17, 15) is 9.59 Å². The molecule has 5 nitrogen and oxygen atoms in total. The van der Waals surface area contributed by atoms with Gasteiger partial charge in [-0.2, -0.15) is 0 Å². The number of hydrogen-bond donors (Lipinski definition) is 1. The molecule has 1 atom stereocenters. The second-order valence-electron chi connectivity index (χ2n) is 6.93. The smallest absolute Gasteiger partial charge is 0.336 e. The van der Waals surface area contributed by atoms with E-state index < -0.39 is 11.7 Å². The average molecular weight is 365 g/mol. The Morgan fingerprint density at radius 2 is 1.67 bits per heavy atom. The van der Waals surface area contributed by atoms with Crippen LogP contribution in [0.4, 0.5) is 5.69 Å².